The summed E-state index contributed by atoms with van der Waals surface area (Å²) in [6, 6.07) is 5.34. The summed E-state index contributed by atoms with van der Waals surface area (Å²) in [4.78, 5) is 162. The number of benzene rings is 2. The summed E-state index contributed by atoms with van der Waals surface area (Å²) < 4.78 is 63.6. The summed E-state index contributed by atoms with van der Waals surface area (Å²) in [6.45, 7) is 36.1. The summed E-state index contributed by atoms with van der Waals surface area (Å²) >= 11 is 16.6. The first-order valence-electron chi connectivity index (χ1n) is 49.0. The second kappa shape index (κ2) is 43.3. The molecule has 4 saturated heterocycles. The van der Waals surface area contributed by atoms with Gasteiger partial charge in [-0.15, -0.1) is 22.7 Å². The van der Waals surface area contributed by atoms with Crippen molar-refractivity contribution >= 4 is 138 Å². The molecule has 2 unspecified atom stereocenters. The lowest BCUT2D eigenvalue weighted by molar-refractivity contribution is -0.149. The molecular formula is C100H138Cl2N14O23S2. The number of fused-ring (bicyclic) bond motifs is 4. The fraction of sp³-hybridized carbons (Fsp3) is 0.660. The second-order valence-corrected chi connectivity index (χ2v) is 45.9. The van der Waals surface area contributed by atoms with Crippen LogP contribution in [-0.4, -0.2) is 285 Å². The second-order valence-electron chi connectivity index (χ2n) is 43.4. The Morgan fingerprint density at radius 2 is 0.922 bits per heavy atom. The van der Waals surface area contributed by atoms with Gasteiger partial charge in [0.1, 0.15) is 122 Å². The van der Waals surface area contributed by atoms with Gasteiger partial charge < -0.3 is 104 Å². The predicted molar refractivity (Wildman–Crippen MR) is 529 cm³/mol. The maximum Gasteiger partial charge on any atom is 0.410 e. The number of alkyl carbamates (subject to hydrolysis) is 2. The number of aliphatic hydroxyl groups excluding tert-OH is 1. The van der Waals surface area contributed by atoms with Crippen molar-refractivity contribution in [3.8, 4) is 45.8 Å². The van der Waals surface area contributed by atoms with Gasteiger partial charge in [-0.05, 0) is 191 Å². The minimum atomic E-state index is -1.22. The maximum absolute atomic E-state index is 15.0. The van der Waals surface area contributed by atoms with Gasteiger partial charge >= 0.3 is 36.3 Å². The molecule has 10 fully saturated rings. The number of pyridine rings is 2. The van der Waals surface area contributed by atoms with Crippen LogP contribution in [0.3, 0.4) is 0 Å². The molecule has 772 valence electrons. The number of hydrogen-bond acceptors (Lipinski definition) is 31. The van der Waals surface area contributed by atoms with E-state index in [1.807, 2.05) is 135 Å². The smallest absolute Gasteiger partial charge is 0.410 e. The number of morpholine rings is 2. The number of likely N-dealkylation sites (tertiary alicyclic amines) is 2. The number of hydrogen-bond donors (Lipinski definition) is 8. The molecule has 6 saturated carbocycles. The zero-order valence-electron chi connectivity index (χ0n) is 84.2. The van der Waals surface area contributed by atoms with E-state index < -0.39 is 129 Å². The van der Waals surface area contributed by atoms with Gasteiger partial charge in [-0.3, -0.25) is 29.0 Å². The monoisotopic (exact) mass is 2040 g/mol. The SMILES string of the molecule is CC(C)(C)OC(=O)N1CCOC[C@@H]1CO.CC[C@@H]1C[C@]1(NC(=O)[C@@H]1C[C@@H](Oc2cc(-c3csc(NC(C)C)n3)nc3c(Cl)c(O)ccc23)CN1C(=O)[C@@H](NC(=O)OC1C[C@@H]2C[C@@H]2C1)C(C)(C)C)C(=O)OC.CC[C@@H]1C[C@]1(NC(=O)[C@@H]1C[C@@H](Oc2cc(-c3csc(NC(C)C)n3)nc3c(Cl)c(OC[C@H]4COCCN4C(=O)OC(C)(C)C)ccc23)CN1C(=O)[C@@H](NC(=O)OC1C[C@@H]2C[C@@H]2C1)C(C)(C)C)C(=O)OC. The van der Waals surface area contributed by atoms with E-state index in [4.69, 9.17) is 100 Å². The van der Waals surface area contributed by atoms with Crippen LogP contribution in [0.25, 0.3) is 44.6 Å². The molecular weight excluding hydrogens is 1900 g/mol. The number of nitrogens with zero attached hydrogens (tertiary/aromatic N) is 8. The maximum atomic E-state index is 15.0. The number of esters is 2. The van der Waals surface area contributed by atoms with Gasteiger partial charge in [-0.2, -0.15) is 0 Å². The fourth-order valence-electron chi connectivity index (χ4n) is 19.7. The highest BCUT2D eigenvalue weighted by molar-refractivity contribution is 7.14. The number of aromatic hydroxyl groups is 1. The van der Waals surface area contributed by atoms with Crippen LogP contribution in [0.15, 0.2) is 47.2 Å². The Morgan fingerprint density at radius 1 is 0.518 bits per heavy atom. The van der Waals surface area contributed by atoms with E-state index >= 15 is 0 Å². The largest absolute Gasteiger partial charge is 0.506 e. The Labute approximate surface area is 840 Å². The Bertz CT molecular complexity index is 5580. The van der Waals surface area contributed by atoms with Gasteiger partial charge in [-0.25, -0.2) is 48.7 Å². The number of anilines is 2. The molecule has 37 nitrogen and oxygen atoms in total. The number of rotatable bonds is 28. The van der Waals surface area contributed by atoms with E-state index in [1.54, 1.807) is 35.2 Å². The average Bonchev–Trinajstić information content (AvgIpc) is 1.61. The van der Waals surface area contributed by atoms with Crippen LogP contribution >= 0.6 is 45.9 Å². The van der Waals surface area contributed by atoms with Gasteiger partial charge in [0, 0.05) is 71.7 Å². The van der Waals surface area contributed by atoms with Crippen molar-refractivity contribution in [1.29, 1.82) is 0 Å². The van der Waals surface area contributed by atoms with Crippen LogP contribution in [0, 0.1) is 46.3 Å². The minimum absolute atomic E-state index is 0.0151. The van der Waals surface area contributed by atoms with E-state index in [0.717, 1.165) is 32.1 Å². The molecule has 8 N–H and O–H groups in total. The summed E-state index contributed by atoms with van der Waals surface area (Å²) in [7, 11) is 2.58. The molecule has 10 aliphatic rings. The number of amides is 8. The molecule has 141 heavy (non-hydrogen) atoms. The molecule has 4 aromatic heterocycles. The van der Waals surface area contributed by atoms with Gasteiger partial charge in [0.25, 0.3) is 0 Å². The van der Waals surface area contributed by atoms with Gasteiger partial charge in [0.05, 0.1) is 94.8 Å². The van der Waals surface area contributed by atoms with Gasteiger partial charge in [-0.1, -0.05) is 91.4 Å². The molecule has 6 aliphatic carbocycles. The zero-order valence-corrected chi connectivity index (χ0v) is 87.3. The molecule has 8 heterocycles. The Morgan fingerprint density at radius 3 is 1.30 bits per heavy atom. The summed E-state index contributed by atoms with van der Waals surface area (Å²) in [5.74, 6) is -0.0855. The van der Waals surface area contributed by atoms with Crippen LogP contribution < -0.4 is 46.1 Å². The van der Waals surface area contributed by atoms with E-state index in [1.165, 1.54) is 64.1 Å². The molecule has 2 aromatic carbocycles. The Hall–Kier alpha value is -10.3. The number of phenols is 1. The summed E-state index contributed by atoms with van der Waals surface area (Å²) in [5, 5.41) is 44.2. The Balaban J connectivity index is 0.000000198. The number of aliphatic hydroxyl groups is 1. The first kappa shape index (κ1) is 106. The highest BCUT2D eigenvalue weighted by Gasteiger charge is 2.64. The van der Waals surface area contributed by atoms with E-state index in [0.29, 0.717) is 154 Å². The lowest BCUT2D eigenvalue weighted by Gasteiger charge is -2.36. The minimum Gasteiger partial charge on any atom is -0.506 e. The highest BCUT2D eigenvalue weighted by Crippen LogP contribution is 2.55. The molecule has 0 bridgehead atoms. The summed E-state index contributed by atoms with van der Waals surface area (Å²) in [6.07, 6.45) is 3.78. The number of halogens is 2. The van der Waals surface area contributed by atoms with Gasteiger partial charge in [0.15, 0.2) is 10.3 Å². The number of thiazole rings is 2. The average molecular weight is 2040 g/mol. The third-order valence-corrected chi connectivity index (χ3v) is 29.7. The van der Waals surface area contributed by atoms with Crippen molar-refractivity contribution in [2.45, 2.75) is 297 Å². The van der Waals surface area contributed by atoms with Crippen molar-refractivity contribution in [2.75, 3.05) is 90.7 Å². The molecule has 6 aromatic rings. The van der Waals surface area contributed by atoms with Crippen molar-refractivity contribution in [3.63, 3.8) is 0 Å². The van der Waals surface area contributed by atoms with Gasteiger partial charge in [0.2, 0.25) is 23.6 Å². The molecule has 18 atom stereocenters. The molecule has 4 aliphatic heterocycles. The van der Waals surface area contributed by atoms with Crippen molar-refractivity contribution in [2.24, 2.45) is 46.3 Å². The zero-order chi connectivity index (χ0) is 102. The van der Waals surface area contributed by atoms with Crippen LogP contribution in [0.2, 0.25) is 10.0 Å². The first-order chi connectivity index (χ1) is 66.5. The third kappa shape index (κ3) is 25.4. The van der Waals surface area contributed by atoms with Crippen molar-refractivity contribution in [1.82, 2.24) is 60.8 Å². The highest BCUT2D eigenvalue weighted by atomic mass is 35.5. The van der Waals surface area contributed by atoms with Crippen LogP contribution in [0.1, 0.15) is 202 Å². The molecule has 41 heteroatoms. The molecule has 16 rings (SSSR count). The number of aromatic nitrogens is 4. The van der Waals surface area contributed by atoms with Crippen LogP contribution in [0.5, 0.6) is 23.0 Å². The lowest BCUT2D eigenvalue weighted by atomic mass is 9.85. The normalized spacial score (nSPS) is 26.3. The standard InChI is InChI=1S/C50H68ClN7O11S.C40H51ClN6O8S.C10H19NO4/c1-11-29-21-50(29,44(61)64-10)56-42(59)36-19-32(22-58(36)43(60)41(48(4,5)6)55-46(62)68-31-17-27-16-28(27)18-31)67-38-20-34(35-25-70-45(54-35)52-26(2)3)53-40-33(38)12-13-37(39(40)51)66-24-30-23-65-15-14-57(30)47(63)69-49(7,8)9;1-8-22-16-40(22,36(51)53-7)46-34(49)28-14-24(17-47(28)35(50)33(39(4,5)6)45-38(52)55-23-12-20-11-21(20)13-23)54-30-15-26(27-18-56-37(44-27)42-19(2)3)43-32-25(30)9-10-29(48)31(32)41;1-10(2,3)15-9(13)11-4-5-14-7-8(11)6-12/h12-13,20,25-32,36,41H,11,14-19,21-24H2,1-10H3,(H,52,54)(H,55,62)(H,56,59);9-10,15,18-24,28,33,48H,8,11-14,16-17H2,1-7H3,(H,42,44)(H,45,52)(H,46,49);8,12H,4-7H2,1-3H3/t27-,28+,29-,30-,31?,32-,36+,41-,50-;20-,21+,22-,23?,24-,28+,33-,40-;8-/m110/s1. The number of methoxy groups -OCH3 is 2. The van der Waals surface area contributed by atoms with Crippen LogP contribution in [0.4, 0.5) is 29.4 Å². The van der Waals surface area contributed by atoms with Crippen molar-refractivity contribution < 1.29 is 110 Å². The Kier molecular flexibility index (Phi) is 32.7. The van der Waals surface area contributed by atoms with E-state index in [9.17, 15) is 53.1 Å². The first-order valence-corrected chi connectivity index (χ1v) is 51.5. The topological polar surface area (TPSA) is 449 Å². The molecule has 0 radical (unpaired) electrons. The number of nitrogens with one attached hydrogen (secondary N) is 6. The lowest BCUT2D eigenvalue weighted by Crippen LogP contribution is -2.59. The quantitative estimate of drug-likeness (QED) is 0.0167. The predicted octanol–water partition coefficient (Wildman–Crippen LogP) is 14.5. The summed E-state index contributed by atoms with van der Waals surface area (Å²) in [5.41, 5.74) is -2.52. The van der Waals surface area contributed by atoms with E-state index in [-0.39, 0.29) is 110 Å². The number of carbonyl (C=O) groups excluding carboxylic acids is 10. The molecule has 0 spiro atoms. The number of phenolic OH excluding ortho intramolecular Hbond substituents is 1. The third-order valence-electron chi connectivity index (χ3n) is 27.4. The molecule has 8 amide bonds. The van der Waals surface area contributed by atoms with Crippen LogP contribution in [-0.2, 0) is 66.7 Å². The number of carbonyl (C=O) groups is 10. The fourth-order valence-corrected chi connectivity index (χ4v) is 21.9. The van der Waals surface area contributed by atoms with E-state index in [2.05, 4.69) is 31.9 Å². The van der Waals surface area contributed by atoms with Crippen molar-refractivity contribution in [3.05, 3.63) is 57.2 Å². The number of ether oxygens (including phenoxy) is 11.